The Labute approximate surface area is 185 Å². The van der Waals surface area contributed by atoms with Gasteiger partial charge in [-0.1, -0.05) is 38.3 Å². The van der Waals surface area contributed by atoms with Crippen molar-refractivity contribution in [1.82, 2.24) is 0 Å². The van der Waals surface area contributed by atoms with Gasteiger partial charge in [0.25, 0.3) is 0 Å². The quantitative estimate of drug-likeness (QED) is 0.296. The van der Waals surface area contributed by atoms with E-state index in [1.165, 1.54) is 89.9 Å². The van der Waals surface area contributed by atoms with Crippen molar-refractivity contribution in [1.29, 1.82) is 0 Å². The van der Waals surface area contributed by atoms with E-state index in [0.29, 0.717) is 0 Å². The minimum absolute atomic E-state index is 0.869. The van der Waals surface area contributed by atoms with Crippen molar-refractivity contribution in [2.24, 2.45) is 29.6 Å². The summed E-state index contributed by atoms with van der Waals surface area (Å²) in [5.41, 5.74) is 3.18. The number of rotatable bonds is 9. The van der Waals surface area contributed by atoms with E-state index in [2.05, 4.69) is 37.8 Å². The highest BCUT2D eigenvalue weighted by molar-refractivity contribution is 5.37. The lowest BCUT2D eigenvalue weighted by Gasteiger charge is -2.45. The van der Waals surface area contributed by atoms with E-state index < -0.39 is 0 Å². The third-order valence-corrected chi connectivity index (χ3v) is 8.67. The molecule has 30 heavy (non-hydrogen) atoms. The van der Waals surface area contributed by atoms with Gasteiger partial charge in [0.05, 0.1) is 6.61 Å². The van der Waals surface area contributed by atoms with Crippen LogP contribution in [0.1, 0.15) is 95.1 Å². The summed E-state index contributed by atoms with van der Waals surface area (Å²) in [4.78, 5) is 0. The van der Waals surface area contributed by atoms with Crippen LogP contribution in [0.5, 0.6) is 5.75 Å². The first-order valence-corrected chi connectivity index (χ1v) is 13.1. The molecular weight excluding hydrogens is 364 g/mol. The highest BCUT2D eigenvalue weighted by atomic mass is 16.5. The van der Waals surface area contributed by atoms with Crippen LogP contribution in [0.4, 0.5) is 0 Å². The van der Waals surface area contributed by atoms with Gasteiger partial charge in [0.2, 0.25) is 0 Å². The van der Waals surface area contributed by atoms with Crippen LogP contribution < -0.4 is 4.74 Å². The molecule has 1 aromatic rings. The van der Waals surface area contributed by atoms with Crippen LogP contribution >= 0.6 is 0 Å². The zero-order chi connectivity index (χ0) is 20.8. The molecule has 1 aromatic carbocycles. The van der Waals surface area contributed by atoms with Gasteiger partial charge >= 0.3 is 0 Å². The molecule has 5 atom stereocenters. The summed E-state index contributed by atoms with van der Waals surface area (Å²) in [6.45, 7) is 7.04. The number of aryl methyl sites for hydroxylation is 1. The molecule has 0 spiro atoms. The first kappa shape index (κ1) is 22.0. The summed E-state index contributed by atoms with van der Waals surface area (Å²) in [6.07, 6.45) is 21.4. The van der Waals surface area contributed by atoms with Gasteiger partial charge in [0, 0.05) is 0 Å². The molecule has 0 heterocycles. The second-order valence-electron chi connectivity index (χ2n) is 10.6. The molecule has 2 fully saturated rings. The van der Waals surface area contributed by atoms with Crippen molar-refractivity contribution in [2.45, 2.75) is 96.8 Å². The van der Waals surface area contributed by atoms with Crippen LogP contribution in [0, 0.1) is 29.6 Å². The lowest BCUT2D eigenvalue weighted by atomic mass is 9.61. The molecule has 0 aliphatic heterocycles. The summed E-state index contributed by atoms with van der Waals surface area (Å²) in [6, 6.07) is 6.96. The first-order valence-electron chi connectivity index (χ1n) is 13.1. The second kappa shape index (κ2) is 10.9. The zero-order valence-corrected chi connectivity index (χ0v) is 19.4. The van der Waals surface area contributed by atoms with Crippen LogP contribution in [0.15, 0.2) is 30.9 Å². The van der Waals surface area contributed by atoms with Gasteiger partial charge in [0.15, 0.2) is 0 Å². The summed E-state index contributed by atoms with van der Waals surface area (Å²) < 4.78 is 6.00. The van der Waals surface area contributed by atoms with Gasteiger partial charge in [-0.15, -0.1) is 6.58 Å². The van der Waals surface area contributed by atoms with Gasteiger partial charge in [-0.25, -0.2) is 0 Å². The van der Waals surface area contributed by atoms with E-state index in [-0.39, 0.29) is 0 Å². The third kappa shape index (κ3) is 5.51. The largest absolute Gasteiger partial charge is 0.494 e. The maximum atomic E-state index is 6.00. The van der Waals surface area contributed by atoms with E-state index in [9.17, 15) is 0 Å². The van der Waals surface area contributed by atoms with Gasteiger partial charge in [-0.2, -0.15) is 0 Å². The van der Waals surface area contributed by atoms with Crippen LogP contribution in [0.2, 0.25) is 0 Å². The molecule has 166 valence electrons. The molecule has 0 radical (unpaired) electrons. The third-order valence-electron chi connectivity index (χ3n) is 8.67. The topological polar surface area (TPSA) is 9.23 Å². The average molecular weight is 409 g/mol. The fraction of sp³-hybridized carbons (Fsp3) is 0.724. The Morgan fingerprint density at radius 2 is 1.73 bits per heavy atom. The minimum atomic E-state index is 0.869. The highest BCUT2D eigenvalue weighted by Gasteiger charge is 2.38. The smallest absolute Gasteiger partial charge is 0.119 e. The van der Waals surface area contributed by atoms with Crippen LogP contribution in [0.25, 0.3) is 0 Å². The maximum absolute atomic E-state index is 6.00. The van der Waals surface area contributed by atoms with Crippen LogP contribution in [-0.2, 0) is 12.8 Å². The van der Waals surface area contributed by atoms with E-state index in [0.717, 1.165) is 41.9 Å². The summed E-state index contributed by atoms with van der Waals surface area (Å²) in [5, 5.41) is 0. The normalized spacial score (nSPS) is 30.9. The zero-order valence-electron chi connectivity index (χ0n) is 19.4. The number of hydrogen-bond acceptors (Lipinski definition) is 1. The van der Waals surface area contributed by atoms with E-state index in [1.807, 2.05) is 0 Å². The van der Waals surface area contributed by atoms with Crippen LogP contribution in [-0.4, -0.2) is 6.61 Å². The molecule has 0 amide bonds. The Morgan fingerprint density at radius 1 is 0.933 bits per heavy atom. The molecular formula is C29H44O. The predicted octanol–water partition coefficient (Wildman–Crippen LogP) is 8.16. The Bertz CT molecular complexity index is 677. The molecule has 5 unspecified atom stereocenters. The maximum Gasteiger partial charge on any atom is 0.119 e. The standard InChI is InChI=1S/C29H44O/c1-3-5-7-17-30-29-16-15-27-20-26(13-14-28(27)21-29)25-12-11-23-18-22(8-6-4-2)9-10-24(23)19-25/h4,15-16,21-26H,2-3,5-14,17-20H2,1H3. The summed E-state index contributed by atoms with van der Waals surface area (Å²) in [5.74, 6) is 6.05. The van der Waals surface area contributed by atoms with Gasteiger partial charge < -0.3 is 4.74 Å². The number of fused-ring (bicyclic) bond motifs is 2. The van der Waals surface area contributed by atoms with Crippen LogP contribution in [0.3, 0.4) is 0 Å². The van der Waals surface area contributed by atoms with Crippen molar-refractivity contribution >= 4 is 0 Å². The molecule has 0 aromatic heterocycles. The summed E-state index contributed by atoms with van der Waals surface area (Å²) >= 11 is 0. The van der Waals surface area contributed by atoms with Gasteiger partial charge in [0.1, 0.15) is 5.75 Å². The number of allylic oxidation sites excluding steroid dienone is 1. The molecule has 0 bridgehead atoms. The number of hydrogen-bond donors (Lipinski definition) is 0. The molecule has 4 rings (SSSR count). The number of unbranched alkanes of at least 4 members (excludes halogenated alkanes) is 2. The fourth-order valence-electron chi connectivity index (χ4n) is 6.86. The van der Waals surface area contributed by atoms with Crippen molar-refractivity contribution in [3.63, 3.8) is 0 Å². The van der Waals surface area contributed by atoms with Gasteiger partial charge in [-0.3, -0.25) is 0 Å². The molecule has 1 nitrogen and oxygen atoms in total. The lowest BCUT2D eigenvalue weighted by molar-refractivity contribution is 0.0699. The van der Waals surface area contributed by atoms with Crippen molar-refractivity contribution < 1.29 is 4.74 Å². The fourth-order valence-corrected chi connectivity index (χ4v) is 6.86. The Morgan fingerprint density at radius 3 is 2.57 bits per heavy atom. The number of benzene rings is 1. The predicted molar refractivity (Wildman–Crippen MR) is 128 cm³/mol. The second-order valence-corrected chi connectivity index (χ2v) is 10.6. The minimum Gasteiger partial charge on any atom is -0.494 e. The Hall–Kier alpha value is -1.24. The average Bonchev–Trinajstić information content (AvgIpc) is 2.79. The first-order chi connectivity index (χ1) is 14.8. The Balaban J connectivity index is 1.28. The molecule has 3 aliphatic rings. The number of ether oxygens (including phenoxy) is 1. The molecule has 3 aliphatic carbocycles. The highest BCUT2D eigenvalue weighted by Crippen LogP contribution is 2.49. The summed E-state index contributed by atoms with van der Waals surface area (Å²) in [7, 11) is 0. The van der Waals surface area contributed by atoms with Gasteiger partial charge in [-0.05, 0) is 123 Å². The molecule has 2 saturated carbocycles. The van der Waals surface area contributed by atoms with E-state index in [4.69, 9.17) is 4.74 Å². The van der Waals surface area contributed by atoms with Crippen molar-refractivity contribution in [2.75, 3.05) is 6.61 Å². The molecule has 0 saturated heterocycles. The molecule has 0 N–H and O–H groups in total. The lowest BCUT2D eigenvalue weighted by Crippen LogP contribution is -2.35. The Kier molecular flexibility index (Phi) is 7.96. The SMILES string of the molecule is C=CCCC1CCC2CC(C3CCc4cc(OCCCCC)ccc4C3)CCC2C1. The van der Waals surface area contributed by atoms with Crippen molar-refractivity contribution in [3.8, 4) is 5.75 Å². The monoisotopic (exact) mass is 408 g/mol. The molecule has 1 heteroatoms. The van der Waals surface area contributed by atoms with Crippen molar-refractivity contribution in [3.05, 3.63) is 42.0 Å². The van der Waals surface area contributed by atoms with E-state index in [1.54, 1.807) is 11.1 Å². The van der Waals surface area contributed by atoms with E-state index >= 15 is 0 Å².